The standard InChI is InChI=1S/C27H36FN3O3/c1-18-14-31(19(2)17-32)27(33)24-12-22(21-8-10-23(28)11-9-21)13-29-26(24)34-25(18)16-30(3)15-20-6-4-5-7-20/h8-13,18-20,25,32H,4-7,14-17H2,1-3H3/t18-,19+,25+/m0/s1. The van der Waals surface area contributed by atoms with Crippen molar-refractivity contribution < 1.29 is 19.0 Å². The summed E-state index contributed by atoms with van der Waals surface area (Å²) in [5.74, 6) is 0.596. The molecule has 0 unspecified atom stereocenters. The van der Waals surface area contributed by atoms with Gasteiger partial charge in [-0.25, -0.2) is 9.37 Å². The molecule has 0 saturated heterocycles. The van der Waals surface area contributed by atoms with Crippen LogP contribution in [-0.4, -0.2) is 71.2 Å². The van der Waals surface area contributed by atoms with Crippen molar-refractivity contribution >= 4 is 5.91 Å². The number of carbonyl (C=O) groups is 1. The lowest BCUT2D eigenvalue weighted by molar-refractivity contribution is 0.0320. The molecule has 0 radical (unpaired) electrons. The summed E-state index contributed by atoms with van der Waals surface area (Å²) in [5.41, 5.74) is 1.86. The maximum Gasteiger partial charge on any atom is 0.259 e. The van der Waals surface area contributed by atoms with E-state index in [1.54, 1.807) is 29.3 Å². The van der Waals surface area contributed by atoms with E-state index in [0.717, 1.165) is 30.1 Å². The minimum atomic E-state index is -0.327. The van der Waals surface area contributed by atoms with Crippen molar-refractivity contribution in [1.29, 1.82) is 0 Å². The third-order valence-electron chi connectivity index (χ3n) is 7.23. The molecular formula is C27H36FN3O3. The smallest absolute Gasteiger partial charge is 0.259 e. The number of ether oxygens (including phenoxy) is 1. The van der Waals surface area contributed by atoms with Gasteiger partial charge in [0, 0.05) is 37.3 Å². The minimum absolute atomic E-state index is 0.0655. The van der Waals surface area contributed by atoms with Crippen LogP contribution in [0.3, 0.4) is 0 Å². The molecule has 2 heterocycles. The lowest BCUT2D eigenvalue weighted by atomic mass is 9.98. The van der Waals surface area contributed by atoms with Crippen LogP contribution in [0.4, 0.5) is 4.39 Å². The summed E-state index contributed by atoms with van der Waals surface area (Å²) in [6.45, 7) is 6.11. The fourth-order valence-electron chi connectivity index (χ4n) is 5.14. The van der Waals surface area contributed by atoms with Gasteiger partial charge in [0.15, 0.2) is 0 Å². The second-order valence-corrected chi connectivity index (χ2v) is 10.1. The molecule has 7 heteroatoms. The van der Waals surface area contributed by atoms with Gasteiger partial charge >= 0.3 is 0 Å². The Morgan fingerprint density at radius 3 is 2.59 bits per heavy atom. The zero-order chi connectivity index (χ0) is 24.2. The highest BCUT2D eigenvalue weighted by atomic mass is 19.1. The van der Waals surface area contributed by atoms with E-state index < -0.39 is 0 Å². The number of aliphatic hydroxyl groups excluding tert-OH is 1. The van der Waals surface area contributed by atoms with Gasteiger partial charge in [0.2, 0.25) is 5.88 Å². The van der Waals surface area contributed by atoms with Gasteiger partial charge in [0.05, 0.1) is 12.6 Å². The Bertz CT molecular complexity index is 978. The number of amides is 1. The summed E-state index contributed by atoms with van der Waals surface area (Å²) in [6, 6.07) is 7.57. The Morgan fingerprint density at radius 1 is 1.21 bits per heavy atom. The number of hydrogen-bond donors (Lipinski definition) is 1. The van der Waals surface area contributed by atoms with Crippen LogP contribution in [0.25, 0.3) is 11.1 Å². The molecule has 0 bridgehead atoms. The molecule has 1 aromatic carbocycles. The van der Waals surface area contributed by atoms with Crippen molar-refractivity contribution in [3.05, 3.63) is 47.9 Å². The molecule has 184 valence electrons. The molecule has 2 aliphatic rings. The summed E-state index contributed by atoms with van der Waals surface area (Å²) < 4.78 is 19.8. The third kappa shape index (κ3) is 5.58. The quantitative estimate of drug-likeness (QED) is 0.658. The van der Waals surface area contributed by atoms with Crippen LogP contribution in [0.1, 0.15) is 49.9 Å². The summed E-state index contributed by atoms with van der Waals surface area (Å²) in [6.07, 6.45) is 6.74. The molecule has 4 rings (SSSR count). The zero-order valence-electron chi connectivity index (χ0n) is 20.4. The van der Waals surface area contributed by atoms with Gasteiger partial charge in [-0.05, 0) is 56.5 Å². The average Bonchev–Trinajstić information content (AvgIpc) is 3.34. The van der Waals surface area contributed by atoms with E-state index in [-0.39, 0.29) is 36.4 Å². The van der Waals surface area contributed by atoms with Gasteiger partial charge in [-0.3, -0.25) is 4.79 Å². The molecule has 34 heavy (non-hydrogen) atoms. The predicted molar refractivity (Wildman–Crippen MR) is 130 cm³/mol. The molecule has 1 saturated carbocycles. The monoisotopic (exact) mass is 469 g/mol. The van der Waals surface area contributed by atoms with Crippen molar-refractivity contribution in [3.8, 4) is 17.0 Å². The number of hydrogen-bond acceptors (Lipinski definition) is 5. The first-order valence-electron chi connectivity index (χ1n) is 12.4. The van der Waals surface area contributed by atoms with Gasteiger partial charge in [0.25, 0.3) is 5.91 Å². The first-order chi connectivity index (χ1) is 16.4. The lowest BCUT2D eigenvalue weighted by Gasteiger charge is -2.38. The van der Waals surface area contributed by atoms with E-state index in [0.29, 0.717) is 18.0 Å². The molecule has 1 N–H and O–H groups in total. The molecule has 1 aromatic heterocycles. The molecule has 1 fully saturated rings. The molecule has 3 atom stereocenters. The van der Waals surface area contributed by atoms with Gasteiger partial charge in [0.1, 0.15) is 17.5 Å². The van der Waals surface area contributed by atoms with E-state index in [1.165, 1.54) is 37.8 Å². The first kappa shape index (κ1) is 24.6. The van der Waals surface area contributed by atoms with E-state index in [4.69, 9.17) is 4.74 Å². The molecule has 2 aromatic rings. The second-order valence-electron chi connectivity index (χ2n) is 10.1. The zero-order valence-corrected chi connectivity index (χ0v) is 20.4. The topological polar surface area (TPSA) is 65.9 Å². The Morgan fingerprint density at radius 2 is 1.91 bits per heavy atom. The van der Waals surface area contributed by atoms with Crippen molar-refractivity contribution in [1.82, 2.24) is 14.8 Å². The van der Waals surface area contributed by atoms with Gasteiger partial charge < -0.3 is 19.6 Å². The normalized spacial score (nSPS) is 22.3. The maximum absolute atomic E-state index is 13.6. The highest BCUT2D eigenvalue weighted by Gasteiger charge is 2.34. The number of pyridine rings is 1. The molecular weight excluding hydrogens is 433 g/mol. The fraction of sp³-hybridized carbons (Fsp3) is 0.556. The molecule has 1 aliphatic carbocycles. The second kappa shape index (κ2) is 10.8. The molecule has 0 spiro atoms. The van der Waals surface area contributed by atoms with Crippen LogP contribution in [0.15, 0.2) is 36.5 Å². The van der Waals surface area contributed by atoms with E-state index in [2.05, 4.69) is 23.9 Å². The number of carbonyl (C=O) groups excluding carboxylic acids is 1. The van der Waals surface area contributed by atoms with E-state index in [9.17, 15) is 14.3 Å². The predicted octanol–water partition coefficient (Wildman–Crippen LogP) is 4.23. The fourth-order valence-corrected chi connectivity index (χ4v) is 5.14. The Balaban J connectivity index is 1.64. The number of aromatic nitrogens is 1. The largest absolute Gasteiger partial charge is 0.472 e. The third-order valence-corrected chi connectivity index (χ3v) is 7.23. The Kier molecular flexibility index (Phi) is 7.84. The van der Waals surface area contributed by atoms with Crippen molar-refractivity contribution in [2.45, 2.75) is 51.7 Å². The SMILES string of the molecule is C[C@H](CO)N1C[C@H](C)[C@@H](CN(C)CC2CCCC2)Oc2ncc(-c3ccc(F)cc3)cc2C1=O. The van der Waals surface area contributed by atoms with Crippen LogP contribution in [-0.2, 0) is 0 Å². The number of likely N-dealkylation sites (N-methyl/N-ethyl adjacent to an activating group) is 1. The molecule has 1 amide bonds. The summed E-state index contributed by atoms with van der Waals surface area (Å²) in [7, 11) is 2.14. The number of fused-ring (bicyclic) bond motifs is 1. The maximum atomic E-state index is 13.6. The van der Waals surface area contributed by atoms with Gasteiger partial charge in [-0.1, -0.05) is 31.9 Å². The number of rotatable bonds is 7. The van der Waals surface area contributed by atoms with Crippen LogP contribution >= 0.6 is 0 Å². The summed E-state index contributed by atoms with van der Waals surface area (Å²) in [4.78, 5) is 22.2. The summed E-state index contributed by atoms with van der Waals surface area (Å²) in [5, 5.41) is 9.85. The van der Waals surface area contributed by atoms with Crippen molar-refractivity contribution in [3.63, 3.8) is 0 Å². The Labute approximate surface area is 201 Å². The highest BCUT2D eigenvalue weighted by Crippen LogP contribution is 2.31. The van der Waals surface area contributed by atoms with Gasteiger partial charge in [-0.15, -0.1) is 0 Å². The average molecular weight is 470 g/mol. The van der Waals surface area contributed by atoms with Gasteiger partial charge in [-0.2, -0.15) is 0 Å². The minimum Gasteiger partial charge on any atom is -0.472 e. The number of halogens is 1. The highest BCUT2D eigenvalue weighted by molar-refractivity contribution is 5.98. The van der Waals surface area contributed by atoms with Crippen LogP contribution < -0.4 is 4.74 Å². The van der Waals surface area contributed by atoms with E-state index in [1.807, 2.05) is 6.92 Å². The van der Waals surface area contributed by atoms with Crippen molar-refractivity contribution in [2.75, 3.05) is 33.3 Å². The van der Waals surface area contributed by atoms with Crippen molar-refractivity contribution in [2.24, 2.45) is 11.8 Å². The molecule has 1 aliphatic heterocycles. The lowest BCUT2D eigenvalue weighted by Crippen LogP contribution is -2.50. The number of benzene rings is 1. The summed E-state index contributed by atoms with van der Waals surface area (Å²) >= 11 is 0. The number of aliphatic hydroxyl groups is 1. The van der Waals surface area contributed by atoms with E-state index >= 15 is 0 Å². The van der Waals surface area contributed by atoms with Crippen LogP contribution in [0.5, 0.6) is 5.88 Å². The van der Waals surface area contributed by atoms with Crippen LogP contribution in [0.2, 0.25) is 0 Å². The first-order valence-corrected chi connectivity index (χ1v) is 12.4. The van der Waals surface area contributed by atoms with Crippen LogP contribution in [0, 0.1) is 17.7 Å². The Hall–Kier alpha value is -2.51. The molecule has 6 nitrogen and oxygen atoms in total. The number of nitrogens with zero attached hydrogens (tertiary/aromatic N) is 3.